The van der Waals surface area contributed by atoms with Gasteiger partial charge in [-0.15, -0.1) is 0 Å². The van der Waals surface area contributed by atoms with E-state index in [-0.39, 0.29) is 5.91 Å². The number of hydrazone groups is 1. The Bertz CT molecular complexity index is 1030. The molecule has 0 spiro atoms. The number of nitrogens with zero attached hydrogens (tertiary/aromatic N) is 1. The van der Waals surface area contributed by atoms with E-state index >= 15 is 0 Å². The minimum atomic E-state index is -1.29. The van der Waals surface area contributed by atoms with E-state index in [4.69, 9.17) is 9.47 Å². The third kappa shape index (κ3) is 5.80. The summed E-state index contributed by atoms with van der Waals surface area (Å²) in [6.45, 7) is 1.13. The summed E-state index contributed by atoms with van der Waals surface area (Å²) < 4.78 is 10.7. The number of carboxylic acids is 1. The van der Waals surface area contributed by atoms with Crippen LogP contribution in [0.15, 0.2) is 71.8 Å². The summed E-state index contributed by atoms with van der Waals surface area (Å²) in [4.78, 5) is 22.5. The zero-order chi connectivity index (χ0) is 20.6. The molecule has 0 aliphatic carbocycles. The molecule has 1 atom stereocenters. The van der Waals surface area contributed by atoms with Crippen LogP contribution >= 0.6 is 0 Å². The molecule has 3 aromatic rings. The largest absolute Gasteiger partial charge is 0.546 e. The van der Waals surface area contributed by atoms with Gasteiger partial charge in [0, 0.05) is 0 Å². The number of fused-ring (bicyclic) bond motifs is 1. The number of aliphatic carboxylic acids is 1. The first-order valence-corrected chi connectivity index (χ1v) is 8.92. The van der Waals surface area contributed by atoms with Crippen molar-refractivity contribution in [1.82, 2.24) is 5.43 Å². The maximum atomic E-state index is 12.2. The van der Waals surface area contributed by atoms with E-state index in [2.05, 4.69) is 10.5 Å². The third-order valence-electron chi connectivity index (χ3n) is 4.03. The van der Waals surface area contributed by atoms with Crippen molar-refractivity contribution in [2.24, 2.45) is 5.10 Å². The predicted octanol–water partition coefficient (Wildman–Crippen LogP) is 1.89. The van der Waals surface area contributed by atoms with Gasteiger partial charge in [0.25, 0.3) is 5.91 Å². The normalized spacial score (nSPS) is 11.9. The number of rotatable bonds is 8. The van der Waals surface area contributed by atoms with Crippen molar-refractivity contribution >= 4 is 28.9 Å². The number of hydrogen-bond donors (Lipinski definition) is 1. The van der Waals surface area contributed by atoms with E-state index < -0.39 is 18.7 Å². The molecular formula is C22H19N2O5-. The Hall–Kier alpha value is -3.87. The van der Waals surface area contributed by atoms with Crippen molar-refractivity contribution in [2.45, 2.75) is 13.0 Å². The summed E-state index contributed by atoms with van der Waals surface area (Å²) in [5, 5.41) is 16.4. The fourth-order valence-electron chi connectivity index (χ4n) is 2.55. The summed E-state index contributed by atoms with van der Waals surface area (Å²) in [6.07, 6.45) is 0.733. The number of carboxylic acid groups (broad SMARTS) is 1. The minimum Gasteiger partial charge on any atom is -0.546 e. The van der Waals surface area contributed by atoms with Crippen molar-refractivity contribution in [1.29, 1.82) is 0 Å². The van der Waals surface area contributed by atoms with Gasteiger partial charge in [0.2, 0.25) is 0 Å². The van der Waals surface area contributed by atoms with Gasteiger partial charge in [0.05, 0.1) is 12.2 Å². The molecule has 7 heteroatoms. The van der Waals surface area contributed by atoms with Crippen LogP contribution in [0.2, 0.25) is 0 Å². The predicted molar refractivity (Wildman–Crippen MR) is 107 cm³/mol. The van der Waals surface area contributed by atoms with Crippen LogP contribution in [-0.4, -0.2) is 30.8 Å². The molecule has 0 aliphatic rings. The van der Waals surface area contributed by atoms with E-state index in [0.717, 1.165) is 10.8 Å². The Morgan fingerprint density at radius 1 is 1.03 bits per heavy atom. The Morgan fingerprint density at radius 3 is 2.45 bits per heavy atom. The van der Waals surface area contributed by atoms with Crippen LogP contribution in [0, 0.1) is 0 Å². The summed E-state index contributed by atoms with van der Waals surface area (Å²) >= 11 is 0. The lowest BCUT2D eigenvalue weighted by Crippen LogP contribution is -2.33. The van der Waals surface area contributed by atoms with E-state index in [1.54, 1.807) is 31.2 Å². The smallest absolute Gasteiger partial charge is 0.280 e. The quantitative estimate of drug-likeness (QED) is 0.467. The van der Waals surface area contributed by atoms with E-state index in [1.165, 1.54) is 6.21 Å². The van der Waals surface area contributed by atoms with Gasteiger partial charge in [0.15, 0.2) is 6.10 Å². The molecule has 148 valence electrons. The summed E-state index contributed by atoms with van der Waals surface area (Å²) in [6, 6.07) is 20.1. The minimum absolute atomic E-state index is 0.386. The number of carbonyl (C=O) groups is 2. The molecule has 3 rings (SSSR count). The SMILES string of the molecule is C[C@@H](Oc1ccc2ccccc2c1)C(=O)N/N=C\c1ccc(OCC(=O)[O-])cc1. The number of benzene rings is 3. The van der Waals surface area contributed by atoms with Crippen LogP contribution in [0.25, 0.3) is 10.8 Å². The highest BCUT2D eigenvalue weighted by Gasteiger charge is 2.14. The van der Waals surface area contributed by atoms with E-state index in [0.29, 0.717) is 17.1 Å². The second-order valence-electron chi connectivity index (χ2n) is 6.23. The van der Waals surface area contributed by atoms with Crippen LogP contribution in [0.1, 0.15) is 12.5 Å². The van der Waals surface area contributed by atoms with Crippen LogP contribution in [0.5, 0.6) is 11.5 Å². The first kappa shape index (κ1) is 19.9. The number of ether oxygens (including phenoxy) is 2. The zero-order valence-electron chi connectivity index (χ0n) is 15.7. The molecule has 7 nitrogen and oxygen atoms in total. The van der Waals surface area contributed by atoms with Gasteiger partial charge in [0.1, 0.15) is 18.1 Å². The Morgan fingerprint density at radius 2 is 1.72 bits per heavy atom. The molecule has 0 unspecified atom stereocenters. The first-order chi connectivity index (χ1) is 14.0. The number of carbonyl (C=O) groups excluding carboxylic acids is 2. The van der Waals surface area contributed by atoms with Gasteiger partial charge >= 0.3 is 0 Å². The maximum absolute atomic E-state index is 12.2. The van der Waals surface area contributed by atoms with Crippen molar-refractivity contribution in [2.75, 3.05) is 6.61 Å². The molecule has 0 aliphatic heterocycles. The average molecular weight is 391 g/mol. The third-order valence-corrected chi connectivity index (χ3v) is 4.03. The van der Waals surface area contributed by atoms with Gasteiger partial charge in [-0.2, -0.15) is 5.10 Å². The molecule has 3 aromatic carbocycles. The molecule has 1 amide bonds. The lowest BCUT2D eigenvalue weighted by atomic mass is 10.1. The highest BCUT2D eigenvalue weighted by molar-refractivity contribution is 5.85. The van der Waals surface area contributed by atoms with Gasteiger partial charge in [-0.3, -0.25) is 4.79 Å². The standard InChI is InChI=1S/C22H20N2O5/c1-15(29-20-11-8-17-4-2-3-5-18(17)12-20)22(27)24-23-13-16-6-9-19(10-7-16)28-14-21(25)26/h2-13,15H,14H2,1H3,(H,24,27)(H,25,26)/p-1/b23-13-/t15-/m1/s1. The first-order valence-electron chi connectivity index (χ1n) is 8.92. The maximum Gasteiger partial charge on any atom is 0.280 e. The molecule has 0 bridgehead atoms. The van der Waals surface area contributed by atoms with Crippen LogP contribution < -0.4 is 20.0 Å². The fraction of sp³-hybridized carbons (Fsp3) is 0.136. The molecule has 0 saturated heterocycles. The number of hydrogen-bond acceptors (Lipinski definition) is 6. The van der Waals surface area contributed by atoms with Crippen molar-refractivity contribution < 1.29 is 24.2 Å². The Labute approximate surface area is 167 Å². The van der Waals surface area contributed by atoms with E-state index in [1.807, 2.05) is 42.5 Å². The lowest BCUT2D eigenvalue weighted by molar-refractivity contribution is -0.307. The van der Waals surface area contributed by atoms with Crippen LogP contribution in [-0.2, 0) is 9.59 Å². The summed E-state index contributed by atoms with van der Waals surface area (Å²) in [7, 11) is 0. The lowest BCUT2D eigenvalue weighted by Gasteiger charge is -2.13. The highest BCUT2D eigenvalue weighted by atomic mass is 16.5. The molecule has 1 N–H and O–H groups in total. The van der Waals surface area contributed by atoms with E-state index in [9.17, 15) is 14.7 Å². The second-order valence-corrected chi connectivity index (χ2v) is 6.23. The molecule has 0 saturated carbocycles. The Balaban J connectivity index is 1.51. The molecule has 0 aromatic heterocycles. The summed E-state index contributed by atoms with van der Waals surface area (Å²) in [5.41, 5.74) is 3.13. The number of nitrogens with one attached hydrogen (secondary N) is 1. The van der Waals surface area contributed by atoms with Gasteiger partial charge in [-0.1, -0.05) is 30.3 Å². The van der Waals surface area contributed by atoms with Gasteiger partial charge < -0.3 is 19.4 Å². The van der Waals surface area contributed by atoms with Gasteiger partial charge in [-0.05, 0) is 59.7 Å². The molecule has 0 fully saturated rings. The fourth-order valence-corrected chi connectivity index (χ4v) is 2.55. The number of amides is 1. The molecule has 29 heavy (non-hydrogen) atoms. The molecule has 0 radical (unpaired) electrons. The zero-order valence-corrected chi connectivity index (χ0v) is 15.7. The molecule has 0 heterocycles. The average Bonchev–Trinajstić information content (AvgIpc) is 2.73. The van der Waals surface area contributed by atoms with Crippen LogP contribution in [0.4, 0.5) is 0 Å². The van der Waals surface area contributed by atoms with Gasteiger partial charge in [-0.25, -0.2) is 5.43 Å². The van der Waals surface area contributed by atoms with Crippen molar-refractivity contribution in [3.63, 3.8) is 0 Å². The molecular weight excluding hydrogens is 372 g/mol. The monoisotopic (exact) mass is 391 g/mol. The van der Waals surface area contributed by atoms with Crippen molar-refractivity contribution in [3.8, 4) is 11.5 Å². The van der Waals surface area contributed by atoms with Crippen molar-refractivity contribution in [3.05, 3.63) is 72.3 Å². The topological polar surface area (TPSA) is 100 Å². The highest BCUT2D eigenvalue weighted by Crippen LogP contribution is 2.21. The second kappa shape index (κ2) is 9.36. The Kier molecular flexibility index (Phi) is 6.42. The van der Waals surface area contributed by atoms with Crippen LogP contribution in [0.3, 0.4) is 0 Å². The summed E-state index contributed by atoms with van der Waals surface area (Å²) in [5.74, 6) is -0.683.